The molecular weight excluding hydrogens is 323 g/mol. The van der Waals surface area contributed by atoms with Crippen LogP contribution in [-0.4, -0.2) is 41.0 Å². The number of carboxylic acid groups (broad SMARTS) is 1. The zero-order valence-corrected chi connectivity index (χ0v) is 14.9. The molecule has 1 heterocycles. The lowest BCUT2D eigenvalue weighted by molar-refractivity contribution is -0.143. The van der Waals surface area contributed by atoms with E-state index in [0.29, 0.717) is 19.5 Å². The summed E-state index contributed by atoms with van der Waals surface area (Å²) in [6, 6.07) is 5.63. The Morgan fingerprint density at radius 1 is 1.40 bits per heavy atom. The van der Waals surface area contributed by atoms with Gasteiger partial charge in [0.15, 0.2) is 0 Å². The standard InChI is InChI=1S/C19H27FN2O3/c1-13(2)9-17(19(24)25)21-18(23)15-6-4-8-22(12-15)11-14-5-3-7-16(20)10-14/h3,5,7,10,13,15,17H,4,6,8-9,11-12H2,1-2H3,(H,21,23)(H,24,25)/t15?,17-/m0/s1. The molecule has 1 aliphatic heterocycles. The van der Waals surface area contributed by atoms with Crippen LogP contribution in [0.25, 0.3) is 0 Å². The van der Waals surface area contributed by atoms with E-state index in [9.17, 15) is 19.1 Å². The van der Waals surface area contributed by atoms with Gasteiger partial charge in [-0.3, -0.25) is 9.69 Å². The fraction of sp³-hybridized carbons (Fsp3) is 0.579. The maximum Gasteiger partial charge on any atom is 0.326 e. The van der Waals surface area contributed by atoms with Gasteiger partial charge in [0, 0.05) is 13.1 Å². The van der Waals surface area contributed by atoms with Crippen molar-refractivity contribution in [2.45, 2.75) is 45.7 Å². The summed E-state index contributed by atoms with van der Waals surface area (Å²) in [5.41, 5.74) is 0.879. The molecule has 0 aromatic heterocycles. The van der Waals surface area contributed by atoms with Gasteiger partial charge in [-0.25, -0.2) is 9.18 Å². The topological polar surface area (TPSA) is 69.6 Å². The second-order valence-corrected chi connectivity index (χ2v) is 7.23. The molecule has 1 fully saturated rings. The van der Waals surface area contributed by atoms with E-state index in [1.165, 1.54) is 12.1 Å². The summed E-state index contributed by atoms with van der Waals surface area (Å²) in [5, 5.41) is 12.0. The van der Waals surface area contributed by atoms with Crippen LogP contribution in [0.3, 0.4) is 0 Å². The minimum atomic E-state index is -0.991. The van der Waals surface area contributed by atoms with Crippen molar-refractivity contribution in [2.75, 3.05) is 13.1 Å². The van der Waals surface area contributed by atoms with E-state index in [-0.39, 0.29) is 23.6 Å². The lowest BCUT2D eigenvalue weighted by Gasteiger charge is -2.32. The van der Waals surface area contributed by atoms with Gasteiger partial charge < -0.3 is 10.4 Å². The Kier molecular flexibility index (Phi) is 6.93. The Bertz CT molecular complexity index is 606. The van der Waals surface area contributed by atoms with Crippen molar-refractivity contribution in [1.29, 1.82) is 0 Å². The number of nitrogens with zero attached hydrogens (tertiary/aromatic N) is 1. The van der Waals surface area contributed by atoms with E-state index < -0.39 is 12.0 Å². The van der Waals surface area contributed by atoms with Crippen LogP contribution in [0.5, 0.6) is 0 Å². The summed E-state index contributed by atoms with van der Waals surface area (Å²) < 4.78 is 13.3. The number of carbonyl (C=O) groups is 2. The van der Waals surface area contributed by atoms with Crippen molar-refractivity contribution in [1.82, 2.24) is 10.2 Å². The highest BCUT2D eigenvalue weighted by atomic mass is 19.1. The summed E-state index contributed by atoms with van der Waals surface area (Å²) in [6.07, 6.45) is 2.04. The third kappa shape index (κ3) is 6.12. The highest BCUT2D eigenvalue weighted by molar-refractivity contribution is 5.85. The third-order valence-corrected chi connectivity index (χ3v) is 4.49. The van der Waals surface area contributed by atoms with Crippen molar-refractivity contribution < 1.29 is 19.1 Å². The molecule has 1 unspecified atom stereocenters. The SMILES string of the molecule is CC(C)C[C@H](NC(=O)C1CCCN(Cc2cccc(F)c2)C1)C(=O)O. The molecule has 0 spiro atoms. The molecule has 6 heteroatoms. The smallest absolute Gasteiger partial charge is 0.326 e. The molecule has 5 nitrogen and oxygen atoms in total. The van der Waals surface area contributed by atoms with Gasteiger partial charge in [0.2, 0.25) is 5.91 Å². The Labute approximate surface area is 148 Å². The van der Waals surface area contributed by atoms with Crippen LogP contribution in [0.2, 0.25) is 0 Å². The van der Waals surface area contributed by atoms with E-state index in [0.717, 1.165) is 24.9 Å². The predicted molar refractivity (Wildman–Crippen MR) is 93.4 cm³/mol. The van der Waals surface area contributed by atoms with Crippen molar-refractivity contribution in [3.63, 3.8) is 0 Å². The number of nitrogens with one attached hydrogen (secondary N) is 1. The van der Waals surface area contributed by atoms with Crippen LogP contribution >= 0.6 is 0 Å². The monoisotopic (exact) mass is 350 g/mol. The number of carbonyl (C=O) groups excluding carboxylic acids is 1. The normalized spacial score (nSPS) is 19.6. The van der Waals surface area contributed by atoms with Gasteiger partial charge >= 0.3 is 5.97 Å². The first-order chi connectivity index (χ1) is 11.8. The minimum absolute atomic E-state index is 0.192. The van der Waals surface area contributed by atoms with Gasteiger partial charge in [-0.15, -0.1) is 0 Å². The van der Waals surface area contributed by atoms with Gasteiger partial charge in [0.25, 0.3) is 0 Å². The number of piperidine rings is 1. The van der Waals surface area contributed by atoms with E-state index in [2.05, 4.69) is 10.2 Å². The highest BCUT2D eigenvalue weighted by Crippen LogP contribution is 2.20. The highest BCUT2D eigenvalue weighted by Gasteiger charge is 2.29. The van der Waals surface area contributed by atoms with Crippen molar-refractivity contribution in [3.8, 4) is 0 Å². The molecule has 25 heavy (non-hydrogen) atoms. The van der Waals surface area contributed by atoms with Gasteiger partial charge in [-0.05, 0) is 49.4 Å². The molecule has 0 aliphatic carbocycles. The van der Waals surface area contributed by atoms with Gasteiger partial charge in [-0.1, -0.05) is 26.0 Å². The number of aliphatic carboxylic acids is 1. The van der Waals surface area contributed by atoms with Gasteiger partial charge in [0.1, 0.15) is 11.9 Å². The van der Waals surface area contributed by atoms with Crippen LogP contribution in [0, 0.1) is 17.7 Å². The molecule has 1 saturated heterocycles. The first-order valence-corrected chi connectivity index (χ1v) is 8.85. The van der Waals surface area contributed by atoms with Crippen LogP contribution < -0.4 is 5.32 Å². The summed E-state index contributed by atoms with van der Waals surface area (Å²) in [5.74, 6) is -1.48. The average Bonchev–Trinajstić information content (AvgIpc) is 2.54. The largest absolute Gasteiger partial charge is 0.480 e. The fourth-order valence-corrected chi connectivity index (χ4v) is 3.29. The molecule has 138 valence electrons. The number of amides is 1. The molecule has 1 aromatic carbocycles. The fourth-order valence-electron chi connectivity index (χ4n) is 3.29. The Morgan fingerprint density at radius 2 is 2.16 bits per heavy atom. The molecule has 0 bridgehead atoms. The molecule has 2 rings (SSSR count). The molecule has 1 aliphatic rings. The summed E-state index contributed by atoms with van der Waals surface area (Å²) in [7, 11) is 0. The summed E-state index contributed by atoms with van der Waals surface area (Å²) in [4.78, 5) is 25.9. The lowest BCUT2D eigenvalue weighted by Crippen LogP contribution is -2.48. The average molecular weight is 350 g/mol. The lowest BCUT2D eigenvalue weighted by atomic mass is 9.95. The Balaban J connectivity index is 1.92. The van der Waals surface area contributed by atoms with Gasteiger partial charge in [-0.2, -0.15) is 0 Å². The molecule has 2 N–H and O–H groups in total. The minimum Gasteiger partial charge on any atom is -0.480 e. The maximum absolute atomic E-state index is 13.3. The molecular formula is C19H27FN2O3. The van der Waals surface area contributed by atoms with Crippen molar-refractivity contribution >= 4 is 11.9 Å². The number of rotatable bonds is 7. The molecule has 2 atom stereocenters. The van der Waals surface area contributed by atoms with E-state index in [4.69, 9.17) is 0 Å². The Hall–Kier alpha value is -1.95. The summed E-state index contributed by atoms with van der Waals surface area (Å²) >= 11 is 0. The van der Waals surface area contributed by atoms with Gasteiger partial charge in [0.05, 0.1) is 5.92 Å². The molecule has 0 radical (unpaired) electrons. The second-order valence-electron chi connectivity index (χ2n) is 7.23. The van der Waals surface area contributed by atoms with Crippen LogP contribution in [0.15, 0.2) is 24.3 Å². The number of carboxylic acids is 1. The van der Waals surface area contributed by atoms with Crippen LogP contribution in [0.4, 0.5) is 4.39 Å². The van der Waals surface area contributed by atoms with E-state index in [1.54, 1.807) is 6.07 Å². The number of benzene rings is 1. The van der Waals surface area contributed by atoms with Crippen LogP contribution in [-0.2, 0) is 16.1 Å². The first-order valence-electron chi connectivity index (χ1n) is 8.85. The predicted octanol–water partition coefficient (Wildman–Crippen LogP) is 2.65. The molecule has 1 aromatic rings. The first kappa shape index (κ1) is 19.4. The number of hydrogen-bond acceptors (Lipinski definition) is 3. The molecule has 1 amide bonds. The number of halogens is 1. The van der Waals surface area contributed by atoms with Crippen molar-refractivity contribution in [2.24, 2.45) is 11.8 Å². The Morgan fingerprint density at radius 3 is 2.80 bits per heavy atom. The zero-order chi connectivity index (χ0) is 18.4. The second kappa shape index (κ2) is 8.94. The number of hydrogen-bond donors (Lipinski definition) is 2. The third-order valence-electron chi connectivity index (χ3n) is 4.49. The van der Waals surface area contributed by atoms with E-state index in [1.807, 2.05) is 19.9 Å². The molecule has 0 saturated carbocycles. The zero-order valence-electron chi connectivity index (χ0n) is 14.9. The summed E-state index contributed by atoms with van der Waals surface area (Å²) in [6.45, 7) is 5.88. The van der Waals surface area contributed by atoms with Crippen LogP contribution in [0.1, 0.15) is 38.7 Å². The maximum atomic E-state index is 13.3. The quantitative estimate of drug-likeness (QED) is 0.793. The number of likely N-dealkylation sites (tertiary alicyclic amines) is 1. The van der Waals surface area contributed by atoms with Crippen molar-refractivity contribution in [3.05, 3.63) is 35.6 Å². The van der Waals surface area contributed by atoms with E-state index >= 15 is 0 Å².